The molecule has 0 bridgehead atoms. The molecule has 0 fully saturated rings. The molecule has 2 aromatic rings. The summed E-state index contributed by atoms with van der Waals surface area (Å²) in [5, 5.41) is 5.27. The summed E-state index contributed by atoms with van der Waals surface area (Å²) in [6, 6.07) is 0. The van der Waals surface area contributed by atoms with Crippen LogP contribution in [0.5, 0.6) is 0 Å². The van der Waals surface area contributed by atoms with Crippen molar-refractivity contribution in [3.63, 3.8) is 0 Å². The Morgan fingerprint density at radius 3 is 2.76 bits per heavy atom. The standard InChI is InChI=1S/C19H26N4OS/c1-5-12-23(19-20-16-8-6-7-9-17(16)25-19)18(24)11-10-15-13(2)21-22(4)14(15)3/h5H,1,6-12H2,2-4H3. The number of amides is 1. The fourth-order valence-electron chi connectivity index (χ4n) is 3.42. The van der Waals surface area contributed by atoms with Gasteiger partial charge in [-0.1, -0.05) is 6.08 Å². The Labute approximate surface area is 153 Å². The summed E-state index contributed by atoms with van der Waals surface area (Å²) in [6.07, 6.45) is 7.51. The lowest BCUT2D eigenvalue weighted by Crippen LogP contribution is -2.31. The van der Waals surface area contributed by atoms with E-state index in [9.17, 15) is 4.79 Å². The molecule has 0 saturated carbocycles. The highest BCUT2D eigenvalue weighted by atomic mass is 32.1. The maximum atomic E-state index is 12.9. The van der Waals surface area contributed by atoms with E-state index in [1.165, 1.54) is 29.0 Å². The van der Waals surface area contributed by atoms with Crippen LogP contribution in [0.15, 0.2) is 12.7 Å². The minimum atomic E-state index is 0.105. The molecule has 0 aliphatic heterocycles. The Morgan fingerprint density at radius 2 is 2.12 bits per heavy atom. The maximum absolute atomic E-state index is 12.9. The quantitative estimate of drug-likeness (QED) is 0.742. The van der Waals surface area contributed by atoms with Gasteiger partial charge in [-0.2, -0.15) is 5.10 Å². The largest absolute Gasteiger partial charge is 0.284 e. The van der Waals surface area contributed by atoms with E-state index >= 15 is 0 Å². The molecule has 1 aliphatic rings. The first-order valence-corrected chi connectivity index (χ1v) is 9.71. The van der Waals surface area contributed by atoms with Gasteiger partial charge in [-0.15, -0.1) is 17.9 Å². The number of anilines is 1. The second kappa shape index (κ2) is 7.52. The first-order chi connectivity index (χ1) is 12.0. The molecule has 0 unspecified atom stereocenters. The Kier molecular flexibility index (Phi) is 5.37. The molecule has 6 heteroatoms. The summed E-state index contributed by atoms with van der Waals surface area (Å²) in [5.74, 6) is 0.105. The monoisotopic (exact) mass is 358 g/mol. The summed E-state index contributed by atoms with van der Waals surface area (Å²) >= 11 is 1.67. The van der Waals surface area contributed by atoms with Crippen LogP contribution < -0.4 is 4.90 Å². The van der Waals surface area contributed by atoms with Crippen molar-refractivity contribution in [2.45, 2.75) is 52.4 Å². The number of hydrogen-bond donors (Lipinski definition) is 0. The van der Waals surface area contributed by atoms with E-state index in [1.807, 2.05) is 18.7 Å². The lowest BCUT2D eigenvalue weighted by Gasteiger charge is -2.18. The smallest absolute Gasteiger partial charge is 0.229 e. The fraction of sp³-hybridized carbons (Fsp3) is 0.526. The third-order valence-corrected chi connectivity index (χ3v) is 6.11. The normalized spacial score (nSPS) is 13.6. The Hall–Kier alpha value is -1.95. The highest BCUT2D eigenvalue weighted by Crippen LogP contribution is 2.32. The molecular weight excluding hydrogens is 332 g/mol. The van der Waals surface area contributed by atoms with Crippen molar-refractivity contribution in [3.8, 4) is 0 Å². The number of aryl methyl sites for hydroxylation is 4. The number of fused-ring (bicyclic) bond motifs is 1. The van der Waals surface area contributed by atoms with Gasteiger partial charge in [0, 0.05) is 30.6 Å². The number of nitrogens with zero attached hydrogens (tertiary/aromatic N) is 4. The predicted octanol–water partition coefficient (Wildman–Crippen LogP) is 3.52. The zero-order valence-corrected chi connectivity index (χ0v) is 16.2. The van der Waals surface area contributed by atoms with Crippen LogP contribution in [0.25, 0.3) is 0 Å². The lowest BCUT2D eigenvalue weighted by atomic mass is 10.0. The van der Waals surface area contributed by atoms with E-state index in [0.717, 1.165) is 29.4 Å². The summed E-state index contributed by atoms with van der Waals surface area (Å²) in [5.41, 5.74) is 4.50. The van der Waals surface area contributed by atoms with Gasteiger partial charge in [0.15, 0.2) is 5.13 Å². The number of carbonyl (C=O) groups is 1. The van der Waals surface area contributed by atoms with Crippen molar-refractivity contribution in [3.05, 3.63) is 40.2 Å². The third-order valence-electron chi connectivity index (χ3n) is 4.93. The van der Waals surface area contributed by atoms with Crippen molar-refractivity contribution in [1.29, 1.82) is 0 Å². The van der Waals surface area contributed by atoms with Crippen LogP contribution in [0, 0.1) is 13.8 Å². The number of rotatable bonds is 6. The zero-order valence-electron chi connectivity index (χ0n) is 15.3. The molecule has 0 saturated heterocycles. The molecule has 1 aliphatic carbocycles. The molecular formula is C19H26N4OS. The van der Waals surface area contributed by atoms with Crippen molar-refractivity contribution in [2.75, 3.05) is 11.4 Å². The van der Waals surface area contributed by atoms with Gasteiger partial charge in [0.05, 0.1) is 11.4 Å². The molecule has 134 valence electrons. The Bertz CT molecular complexity index is 766. The van der Waals surface area contributed by atoms with Gasteiger partial charge in [0.2, 0.25) is 5.91 Å². The zero-order chi connectivity index (χ0) is 18.0. The maximum Gasteiger partial charge on any atom is 0.229 e. The van der Waals surface area contributed by atoms with Crippen LogP contribution in [-0.2, 0) is 31.1 Å². The molecule has 0 aromatic carbocycles. The SMILES string of the molecule is C=CCN(C(=O)CCc1c(C)nn(C)c1C)c1nc2c(s1)CCCC2. The van der Waals surface area contributed by atoms with Crippen molar-refractivity contribution in [1.82, 2.24) is 14.8 Å². The van der Waals surface area contributed by atoms with Gasteiger partial charge in [0.1, 0.15) is 0 Å². The van der Waals surface area contributed by atoms with Gasteiger partial charge in [-0.25, -0.2) is 4.98 Å². The second-order valence-electron chi connectivity index (χ2n) is 6.64. The van der Waals surface area contributed by atoms with E-state index in [0.29, 0.717) is 19.4 Å². The van der Waals surface area contributed by atoms with E-state index in [2.05, 4.69) is 18.6 Å². The van der Waals surface area contributed by atoms with Crippen LogP contribution >= 0.6 is 11.3 Å². The van der Waals surface area contributed by atoms with Gasteiger partial charge >= 0.3 is 0 Å². The molecule has 0 radical (unpaired) electrons. The molecule has 0 atom stereocenters. The average Bonchev–Trinajstić information content (AvgIpc) is 3.12. The van der Waals surface area contributed by atoms with Crippen LogP contribution in [-0.4, -0.2) is 27.2 Å². The average molecular weight is 359 g/mol. The van der Waals surface area contributed by atoms with Gasteiger partial charge in [-0.05, 0) is 51.5 Å². The highest BCUT2D eigenvalue weighted by Gasteiger charge is 2.23. The van der Waals surface area contributed by atoms with Crippen molar-refractivity contribution < 1.29 is 4.79 Å². The lowest BCUT2D eigenvalue weighted by molar-refractivity contribution is -0.118. The van der Waals surface area contributed by atoms with E-state index < -0.39 is 0 Å². The minimum absolute atomic E-state index is 0.105. The minimum Gasteiger partial charge on any atom is -0.284 e. The van der Waals surface area contributed by atoms with Crippen LogP contribution in [0.4, 0.5) is 5.13 Å². The second-order valence-corrected chi connectivity index (χ2v) is 7.70. The molecule has 3 rings (SSSR count). The first-order valence-electron chi connectivity index (χ1n) is 8.90. The summed E-state index contributed by atoms with van der Waals surface area (Å²) in [7, 11) is 1.94. The van der Waals surface area contributed by atoms with Gasteiger partial charge < -0.3 is 0 Å². The van der Waals surface area contributed by atoms with Gasteiger partial charge in [0.25, 0.3) is 0 Å². The van der Waals surface area contributed by atoms with Crippen molar-refractivity contribution >= 4 is 22.4 Å². The van der Waals surface area contributed by atoms with E-state index in [1.54, 1.807) is 22.3 Å². The number of hydrogen-bond acceptors (Lipinski definition) is 4. The Morgan fingerprint density at radius 1 is 1.36 bits per heavy atom. The fourth-order valence-corrected chi connectivity index (χ4v) is 4.59. The molecule has 2 heterocycles. The van der Waals surface area contributed by atoms with Crippen LogP contribution in [0.3, 0.4) is 0 Å². The number of carbonyl (C=O) groups excluding carboxylic acids is 1. The number of thiazole rings is 1. The summed E-state index contributed by atoms with van der Waals surface area (Å²) < 4.78 is 1.88. The van der Waals surface area contributed by atoms with Crippen molar-refractivity contribution in [2.24, 2.45) is 7.05 Å². The van der Waals surface area contributed by atoms with Crippen LogP contribution in [0.2, 0.25) is 0 Å². The molecule has 25 heavy (non-hydrogen) atoms. The predicted molar refractivity (Wildman–Crippen MR) is 102 cm³/mol. The van der Waals surface area contributed by atoms with Crippen LogP contribution in [0.1, 0.15) is 46.8 Å². The Balaban J connectivity index is 1.74. The molecule has 5 nitrogen and oxygen atoms in total. The molecule has 0 spiro atoms. The third kappa shape index (κ3) is 3.68. The topological polar surface area (TPSA) is 51.0 Å². The molecule has 1 amide bonds. The van der Waals surface area contributed by atoms with E-state index in [4.69, 9.17) is 4.98 Å². The highest BCUT2D eigenvalue weighted by molar-refractivity contribution is 7.16. The molecule has 0 N–H and O–H groups in total. The first kappa shape index (κ1) is 17.9. The summed E-state index contributed by atoms with van der Waals surface area (Å²) in [6.45, 7) is 8.37. The summed E-state index contributed by atoms with van der Waals surface area (Å²) in [4.78, 5) is 20.7. The van der Waals surface area contributed by atoms with Gasteiger partial charge in [-0.3, -0.25) is 14.4 Å². The number of aromatic nitrogens is 3. The van der Waals surface area contributed by atoms with E-state index in [-0.39, 0.29) is 5.91 Å². The molecule has 2 aromatic heterocycles.